The maximum atomic E-state index is 13.4. The lowest BCUT2D eigenvalue weighted by molar-refractivity contribution is 0.0170. The zero-order valence-corrected chi connectivity index (χ0v) is 21.1. The molecule has 1 saturated heterocycles. The second-order valence-electron chi connectivity index (χ2n) is 7.09. The lowest BCUT2D eigenvalue weighted by Crippen LogP contribution is -2.44. The van der Waals surface area contributed by atoms with Gasteiger partial charge in [-0.25, -0.2) is 4.39 Å². The van der Waals surface area contributed by atoms with E-state index in [1.165, 1.54) is 12.1 Å². The molecule has 2 N–H and O–H groups in total. The Bertz CT molecular complexity index is 861. The Morgan fingerprint density at radius 1 is 1.16 bits per heavy atom. The number of hydrogen-bond acceptors (Lipinski definition) is 5. The van der Waals surface area contributed by atoms with E-state index in [0.29, 0.717) is 43.8 Å². The predicted molar refractivity (Wildman–Crippen MR) is 136 cm³/mol. The van der Waals surface area contributed by atoms with Crippen molar-refractivity contribution in [3.63, 3.8) is 0 Å². The molecule has 0 spiro atoms. The van der Waals surface area contributed by atoms with E-state index in [1.807, 2.05) is 37.3 Å². The molecule has 1 heterocycles. The smallest absolute Gasteiger partial charge is 0.195 e. The maximum absolute atomic E-state index is 13.4. The number of halogens is 2. The van der Waals surface area contributed by atoms with Crippen molar-refractivity contribution in [3.05, 3.63) is 53.8 Å². The number of aliphatic imine (C=N–C) groups is 1. The molecule has 3 rings (SSSR count). The van der Waals surface area contributed by atoms with Gasteiger partial charge in [-0.1, -0.05) is 12.1 Å². The Kier molecular flexibility index (Phi) is 11.0. The molecular weight excluding hydrogens is 526 g/mol. The fourth-order valence-electron chi connectivity index (χ4n) is 3.56. The molecule has 1 fully saturated rings. The average Bonchev–Trinajstić information content (AvgIpc) is 2.81. The van der Waals surface area contributed by atoms with Gasteiger partial charge in [0, 0.05) is 38.4 Å². The normalized spacial score (nSPS) is 15.4. The van der Waals surface area contributed by atoms with Crippen LogP contribution in [0.3, 0.4) is 0 Å². The van der Waals surface area contributed by atoms with Crippen LogP contribution in [0.2, 0.25) is 0 Å². The van der Waals surface area contributed by atoms with Crippen LogP contribution >= 0.6 is 24.0 Å². The van der Waals surface area contributed by atoms with Crippen molar-refractivity contribution < 1.29 is 18.6 Å². The largest absolute Gasteiger partial charge is 0.493 e. The predicted octanol–water partition coefficient (Wildman–Crippen LogP) is 3.91. The van der Waals surface area contributed by atoms with Crippen LogP contribution in [0.5, 0.6) is 11.5 Å². The Labute approximate surface area is 206 Å². The number of benzene rings is 2. The van der Waals surface area contributed by atoms with Crippen LogP contribution < -0.4 is 20.1 Å². The minimum atomic E-state index is -0.237. The van der Waals surface area contributed by atoms with Crippen LogP contribution in [0.25, 0.3) is 0 Å². The summed E-state index contributed by atoms with van der Waals surface area (Å²) >= 11 is 0. The molecule has 0 bridgehead atoms. The molecule has 1 aliphatic heterocycles. The van der Waals surface area contributed by atoms with Gasteiger partial charge in [0.1, 0.15) is 5.82 Å². The van der Waals surface area contributed by atoms with Gasteiger partial charge in [-0.2, -0.15) is 0 Å². The van der Waals surface area contributed by atoms with Crippen LogP contribution in [-0.4, -0.2) is 64.5 Å². The van der Waals surface area contributed by atoms with Crippen LogP contribution in [0.4, 0.5) is 10.1 Å². The SMILES string of the molecule is CCOc1ccc(NC(=NC)NCC(c2ccc(F)cc2)N2CCOCC2)cc1OC.I. The van der Waals surface area contributed by atoms with Crippen molar-refractivity contribution in [2.45, 2.75) is 13.0 Å². The third kappa shape index (κ3) is 7.21. The third-order valence-electron chi connectivity index (χ3n) is 5.15. The molecule has 32 heavy (non-hydrogen) atoms. The summed E-state index contributed by atoms with van der Waals surface area (Å²) in [6.07, 6.45) is 0. The van der Waals surface area contributed by atoms with Crippen LogP contribution in [0.15, 0.2) is 47.5 Å². The van der Waals surface area contributed by atoms with Gasteiger partial charge in [-0.05, 0) is 36.8 Å². The molecule has 0 saturated carbocycles. The van der Waals surface area contributed by atoms with Gasteiger partial charge in [-0.15, -0.1) is 24.0 Å². The molecule has 2 aromatic carbocycles. The van der Waals surface area contributed by atoms with E-state index in [1.54, 1.807) is 14.2 Å². The molecule has 1 aliphatic rings. The molecule has 0 radical (unpaired) electrons. The highest BCUT2D eigenvalue weighted by Crippen LogP contribution is 2.30. The summed E-state index contributed by atoms with van der Waals surface area (Å²) < 4.78 is 29.9. The maximum Gasteiger partial charge on any atom is 0.195 e. The van der Waals surface area contributed by atoms with Crippen molar-refractivity contribution in [1.29, 1.82) is 0 Å². The quantitative estimate of drug-likeness (QED) is 0.291. The van der Waals surface area contributed by atoms with E-state index in [4.69, 9.17) is 14.2 Å². The lowest BCUT2D eigenvalue weighted by atomic mass is 10.0. The summed E-state index contributed by atoms with van der Waals surface area (Å²) in [5.74, 6) is 1.74. The molecule has 0 aromatic heterocycles. The lowest BCUT2D eigenvalue weighted by Gasteiger charge is -2.35. The number of nitrogens with zero attached hydrogens (tertiary/aromatic N) is 2. The first kappa shape index (κ1) is 26.1. The fraction of sp³-hybridized carbons (Fsp3) is 0.435. The van der Waals surface area contributed by atoms with Crippen molar-refractivity contribution in [2.75, 3.05) is 58.9 Å². The standard InChI is InChI=1S/C23H31FN4O3.HI/c1-4-31-21-10-9-19(15-22(21)29-3)27-23(25-2)26-16-20(28-11-13-30-14-12-28)17-5-7-18(24)8-6-17;/h5-10,15,20H,4,11-14,16H2,1-3H3,(H2,25,26,27);1H. The van der Waals surface area contributed by atoms with E-state index in [0.717, 1.165) is 24.3 Å². The van der Waals surface area contributed by atoms with Gasteiger partial charge in [-0.3, -0.25) is 9.89 Å². The Morgan fingerprint density at radius 3 is 2.50 bits per heavy atom. The first-order valence-corrected chi connectivity index (χ1v) is 10.5. The zero-order chi connectivity index (χ0) is 22.1. The summed E-state index contributed by atoms with van der Waals surface area (Å²) in [7, 11) is 3.34. The number of methoxy groups -OCH3 is 1. The molecule has 0 aliphatic carbocycles. The van der Waals surface area contributed by atoms with Gasteiger partial charge < -0.3 is 24.8 Å². The topological polar surface area (TPSA) is 67.4 Å². The van der Waals surface area contributed by atoms with E-state index in [2.05, 4.69) is 20.5 Å². The van der Waals surface area contributed by atoms with Gasteiger partial charge in [0.15, 0.2) is 17.5 Å². The first-order chi connectivity index (χ1) is 15.1. The Balaban J connectivity index is 0.00000363. The number of anilines is 1. The first-order valence-electron chi connectivity index (χ1n) is 10.5. The van der Waals surface area contributed by atoms with Crippen molar-refractivity contribution >= 4 is 35.6 Å². The minimum Gasteiger partial charge on any atom is -0.493 e. The average molecular weight is 558 g/mol. The number of hydrogen-bond donors (Lipinski definition) is 2. The minimum absolute atomic E-state index is 0. The molecule has 9 heteroatoms. The summed E-state index contributed by atoms with van der Waals surface area (Å²) in [5.41, 5.74) is 1.88. The third-order valence-corrected chi connectivity index (χ3v) is 5.15. The van der Waals surface area contributed by atoms with Crippen LogP contribution in [0, 0.1) is 5.82 Å². The van der Waals surface area contributed by atoms with Gasteiger partial charge >= 0.3 is 0 Å². The molecule has 2 aromatic rings. The summed E-state index contributed by atoms with van der Waals surface area (Å²) in [6.45, 7) is 6.15. The Hall–Kier alpha value is -2.11. The molecule has 1 unspecified atom stereocenters. The van der Waals surface area contributed by atoms with Crippen molar-refractivity contribution in [1.82, 2.24) is 10.2 Å². The molecule has 0 amide bonds. The summed E-state index contributed by atoms with van der Waals surface area (Å²) in [4.78, 5) is 6.69. The second kappa shape index (κ2) is 13.4. The van der Waals surface area contributed by atoms with Crippen molar-refractivity contribution in [2.24, 2.45) is 4.99 Å². The summed E-state index contributed by atoms with van der Waals surface area (Å²) in [5, 5.41) is 6.69. The van der Waals surface area contributed by atoms with Gasteiger partial charge in [0.2, 0.25) is 0 Å². The summed E-state index contributed by atoms with van der Waals surface area (Å²) in [6, 6.07) is 12.4. The zero-order valence-electron chi connectivity index (χ0n) is 18.8. The van der Waals surface area contributed by atoms with E-state index >= 15 is 0 Å². The van der Waals surface area contributed by atoms with E-state index in [9.17, 15) is 4.39 Å². The fourth-order valence-corrected chi connectivity index (χ4v) is 3.56. The molecule has 176 valence electrons. The molecular formula is C23H32FIN4O3. The number of nitrogens with one attached hydrogen (secondary N) is 2. The monoisotopic (exact) mass is 558 g/mol. The number of guanidine groups is 1. The van der Waals surface area contributed by atoms with Crippen LogP contribution in [0.1, 0.15) is 18.5 Å². The highest BCUT2D eigenvalue weighted by molar-refractivity contribution is 14.0. The Morgan fingerprint density at radius 2 is 1.88 bits per heavy atom. The van der Waals surface area contributed by atoms with E-state index in [-0.39, 0.29) is 35.8 Å². The number of rotatable bonds is 8. The van der Waals surface area contributed by atoms with Crippen molar-refractivity contribution in [3.8, 4) is 11.5 Å². The molecule has 1 atom stereocenters. The van der Waals surface area contributed by atoms with Crippen LogP contribution in [-0.2, 0) is 4.74 Å². The number of ether oxygens (including phenoxy) is 3. The second-order valence-corrected chi connectivity index (χ2v) is 7.09. The highest BCUT2D eigenvalue weighted by Gasteiger charge is 2.23. The highest BCUT2D eigenvalue weighted by atomic mass is 127. The van der Waals surface area contributed by atoms with Gasteiger partial charge in [0.25, 0.3) is 0 Å². The number of morpholine rings is 1. The van der Waals surface area contributed by atoms with E-state index < -0.39 is 0 Å². The molecule has 7 nitrogen and oxygen atoms in total. The van der Waals surface area contributed by atoms with Gasteiger partial charge in [0.05, 0.1) is 33.0 Å².